The quantitative estimate of drug-likeness (QED) is 0.547. The number of nitrogens with zero attached hydrogens (tertiary/aromatic N) is 1. The minimum absolute atomic E-state index is 0.112. The molecule has 1 aliphatic rings. The first-order chi connectivity index (χ1) is 14.9. The molecule has 0 fully saturated rings. The third-order valence-corrected chi connectivity index (χ3v) is 5.31. The number of benzene rings is 1. The highest BCUT2D eigenvalue weighted by Gasteiger charge is 2.37. The van der Waals surface area contributed by atoms with Crippen LogP contribution in [0.5, 0.6) is 0 Å². The van der Waals surface area contributed by atoms with Gasteiger partial charge in [-0.1, -0.05) is 24.6 Å². The summed E-state index contributed by atoms with van der Waals surface area (Å²) in [5.74, 6) is -1.50. The summed E-state index contributed by atoms with van der Waals surface area (Å²) in [5, 5.41) is 5.25. The van der Waals surface area contributed by atoms with Crippen molar-refractivity contribution in [2.75, 3.05) is 0 Å². The standard InChI is InChI=1S/C22H19ClF5N3O/c1-12-3-5-17(10-18(12)25)30-20(32)31-21(2,19-6-4-15(23)11-29-19)13-7-14(22(26,27)28)9-16(24)8-13/h3-12,18H,1-2H3,(H2,30,31,32). The molecule has 170 valence electrons. The number of allylic oxidation sites excluding steroid dienone is 3. The summed E-state index contributed by atoms with van der Waals surface area (Å²) in [7, 11) is 0. The van der Waals surface area contributed by atoms with Crippen molar-refractivity contribution in [1.29, 1.82) is 0 Å². The molecule has 1 heterocycles. The fourth-order valence-electron chi connectivity index (χ4n) is 3.21. The summed E-state index contributed by atoms with van der Waals surface area (Å²) in [6, 6.07) is 3.97. The smallest absolute Gasteiger partial charge is 0.323 e. The molecule has 3 unspecified atom stereocenters. The lowest BCUT2D eigenvalue weighted by Crippen LogP contribution is -2.49. The van der Waals surface area contributed by atoms with Crippen LogP contribution >= 0.6 is 11.6 Å². The van der Waals surface area contributed by atoms with E-state index in [0.717, 1.165) is 12.1 Å². The summed E-state index contributed by atoms with van der Waals surface area (Å²) < 4.78 is 67.9. The summed E-state index contributed by atoms with van der Waals surface area (Å²) in [5.41, 5.74) is -2.81. The third-order valence-electron chi connectivity index (χ3n) is 5.08. The number of alkyl halides is 4. The predicted molar refractivity (Wildman–Crippen MR) is 110 cm³/mol. The van der Waals surface area contributed by atoms with Gasteiger partial charge in [0, 0.05) is 17.8 Å². The molecule has 0 saturated carbocycles. The number of carbonyl (C=O) groups is 1. The van der Waals surface area contributed by atoms with Gasteiger partial charge in [0.1, 0.15) is 17.5 Å². The maximum atomic E-state index is 14.1. The highest BCUT2D eigenvalue weighted by Crippen LogP contribution is 2.35. The van der Waals surface area contributed by atoms with Crippen molar-refractivity contribution in [3.8, 4) is 0 Å². The van der Waals surface area contributed by atoms with Crippen molar-refractivity contribution in [2.45, 2.75) is 31.7 Å². The Kier molecular flexibility index (Phi) is 6.59. The molecule has 32 heavy (non-hydrogen) atoms. The Morgan fingerprint density at radius 3 is 2.44 bits per heavy atom. The molecule has 3 atom stereocenters. The fourth-order valence-corrected chi connectivity index (χ4v) is 3.32. The number of rotatable bonds is 4. The minimum atomic E-state index is -4.81. The number of pyridine rings is 1. The third kappa shape index (κ3) is 5.27. The number of nitrogens with one attached hydrogen (secondary N) is 2. The highest BCUT2D eigenvalue weighted by molar-refractivity contribution is 6.30. The van der Waals surface area contributed by atoms with E-state index in [1.54, 1.807) is 13.0 Å². The van der Waals surface area contributed by atoms with Crippen LogP contribution in [0.3, 0.4) is 0 Å². The van der Waals surface area contributed by atoms with Crippen LogP contribution in [-0.4, -0.2) is 17.2 Å². The predicted octanol–water partition coefficient (Wildman–Crippen LogP) is 5.88. The molecule has 0 aliphatic heterocycles. The first-order valence-electron chi connectivity index (χ1n) is 9.52. The number of carbonyl (C=O) groups excluding carboxylic acids is 1. The molecule has 10 heteroatoms. The van der Waals surface area contributed by atoms with Crippen LogP contribution in [0.1, 0.15) is 30.7 Å². The maximum Gasteiger partial charge on any atom is 0.416 e. The van der Waals surface area contributed by atoms with Gasteiger partial charge in [-0.3, -0.25) is 4.98 Å². The topological polar surface area (TPSA) is 54.0 Å². The summed E-state index contributed by atoms with van der Waals surface area (Å²) in [6.07, 6.45) is -0.563. The zero-order valence-electron chi connectivity index (χ0n) is 17.0. The van der Waals surface area contributed by atoms with Gasteiger partial charge in [0.05, 0.1) is 16.3 Å². The zero-order chi connectivity index (χ0) is 23.7. The SMILES string of the molecule is CC1C=CC(NC(=O)NC(C)(c2cc(F)cc(C(F)(F)F)c2)c2ccc(Cl)cn2)=CC1F. The van der Waals surface area contributed by atoms with Gasteiger partial charge >= 0.3 is 12.2 Å². The van der Waals surface area contributed by atoms with Crippen LogP contribution in [0, 0.1) is 11.7 Å². The molecule has 2 N–H and O–H groups in total. The van der Waals surface area contributed by atoms with E-state index in [1.165, 1.54) is 37.4 Å². The number of halogens is 6. The Morgan fingerprint density at radius 2 is 1.84 bits per heavy atom. The number of hydrogen-bond donors (Lipinski definition) is 2. The number of aromatic nitrogens is 1. The minimum Gasteiger partial charge on any atom is -0.323 e. The average molecular weight is 472 g/mol. The largest absolute Gasteiger partial charge is 0.416 e. The van der Waals surface area contributed by atoms with E-state index in [0.29, 0.717) is 6.07 Å². The molecular formula is C22H19ClF5N3O. The second-order valence-electron chi connectivity index (χ2n) is 7.58. The lowest BCUT2D eigenvalue weighted by atomic mass is 9.87. The normalized spacial score (nSPS) is 20.3. The van der Waals surface area contributed by atoms with E-state index in [2.05, 4.69) is 15.6 Å². The Bertz CT molecular complexity index is 1070. The van der Waals surface area contributed by atoms with Gasteiger partial charge in [-0.05, 0) is 55.0 Å². The van der Waals surface area contributed by atoms with Crippen molar-refractivity contribution < 1.29 is 26.7 Å². The van der Waals surface area contributed by atoms with Gasteiger partial charge in [-0.15, -0.1) is 0 Å². The van der Waals surface area contributed by atoms with E-state index >= 15 is 0 Å². The molecule has 0 bridgehead atoms. The van der Waals surface area contributed by atoms with Gasteiger partial charge in [-0.2, -0.15) is 13.2 Å². The highest BCUT2D eigenvalue weighted by atomic mass is 35.5. The van der Waals surface area contributed by atoms with Crippen LogP contribution in [0.2, 0.25) is 5.02 Å². The number of amides is 2. The van der Waals surface area contributed by atoms with Crippen LogP contribution in [0.15, 0.2) is 60.5 Å². The van der Waals surface area contributed by atoms with E-state index < -0.39 is 35.3 Å². The number of urea groups is 1. The van der Waals surface area contributed by atoms with Crippen LogP contribution in [0.25, 0.3) is 0 Å². The first kappa shape index (κ1) is 23.7. The molecule has 4 nitrogen and oxygen atoms in total. The maximum absolute atomic E-state index is 14.1. The Hall–Kier alpha value is -2.94. The molecule has 2 aromatic rings. The van der Waals surface area contributed by atoms with E-state index in [-0.39, 0.29) is 27.9 Å². The second kappa shape index (κ2) is 8.90. The van der Waals surface area contributed by atoms with Crippen molar-refractivity contribution in [2.24, 2.45) is 5.92 Å². The van der Waals surface area contributed by atoms with Crippen LogP contribution in [-0.2, 0) is 11.7 Å². The molecule has 3 rings (SSSR count). The average Bonchev–Trinajstić information content (AvgIpc) is 2.70. The van der Waals surface area contributed by atoms with Crippen molar-refractivity contribution in [1.82, 2.24) is 15.6 Å². The van der Waals surface area contributed by atoms with Crippen molar-refractivity contribution >= 4 is 17.6 Å². The lowest BCUT2D eigenvalue weighted by molar-refractivity contribution is -0.137. The van der Waals surface area contributed by atoms with E-state index in [9.17, 15) is 26.7 Å². The van der Waals surface area contributed by atoms with Gasteiger partial charge in [-0.25, -0.2) is 13.6 Å². The van der Waals surface area contributed by atoms with Gasteiger partial charge in [0.2, 0.25) is 0 Å². The molecule has 0 saturated heterocycles. The lowest BCUT2D eigenvalue weighted by Gasteiger charge is -2.32. The Morgan fingerprint density at radius 1 is 1.16 bits per heavy atom. The van der Waals surface area contributed by atoms with Crippen LogP contribution < -0.4 is 10.6 Å². The van der Waals surface area contributed by atoms with Crippen molar-refractivity contribution in [3.05, 3.63) is 88.1 Å². The fraction of sp³-hybridized carbons (Fsp3) is 0.273. The van der Waals surface area contributed by atoms with E-state index in [4.69, 9.17) is 11.6 Å². The molecular weight excluding hydrogens is 453 g/mol. The second-order valence-corrected chi connectivity index (χ2v) is 8.01. The zero-order valence-corrected chi connectivity index (χ0v) is 17.7. The van der Waals surface area contributed by atoms with Crippen LogP contribution in [0.4, 0.5) is 26.7 Å². The summed E-state index contributed by atoms with van der Waals surface area (Å²) in [4.78, 5) is 16.8. The molecule has 2 amide bonds. The Balaban J connectivity index is 2.00. The van der Waals surface area contributed by atoms with Gasteiger partial charge in [0.25, 0.3) is 0 Å². The summed E-state index contributed by atoms with van der Waals surface area (Å²) >= 11 is 5.86. The first-order valence-corrected chi connectivity index (χ1v) is 9.90. The monoisotopic (exact) mass is 471 g/mol. The van der Waals surface area contributed by atoms with Gasteiger partial charge in [0.15, 0.2) is 0 Å². The van der Waals surface area contributed by atoms with Gasteiger partial charge < -0.3 is 10.6 Å². The number of hydrogen-bond acceptors (Lipinski definition) is 2. The molecule has 1 aliphatic carbocycles. The van der Waals surface area contributed by atoms with Crippen molar-refractivity contribution in [3.63, 3.8) is 0 Å². The Labute approximate surface area is 186 Å². The molecule has 1 aromatic heterocycles. The summed E-state index contributed by atoms with van der Waals surface area (Å²) in [6.45, 7) is 3.04. The molecule has 1 aromatic carbocycles. The van der Waals surface area contributed by atoms with E-state index in [1.807, 2.05) is 0 Å². The molecule has 0 spiro atoms. The molecule has 0 radical (unpaired) electrons.